The van der Waals surface area contributed by atoms with Crippen LogP contribution in [0.15, 0.2) is 30.9 Å². The predicted molar refractivity (Wildman–Crippen MR) is 117 cm³/mol. The summed E-state index contributed by atoms with van der Waals surface area (Å²) >= 11 is 0. The van der Waals surface area contributed by atoms with Crippen molar-refractivity contribution in [1.29, 1.82) is 5.26 Å². The molecule has 9 nitrogen and oxygen atoms in total. The van der Waals surface area contributed by atoms with E-state index in [9.17, 15) is 4.79 Å². The molecule has 0 fully saturated rings. The Morgan fingerprint density at radius 2 is 2.10 bits per heavy atom. The van der Waals surface area contributed by atoms with Gasteiger partial charge in [-0.05, 0) is 19.9 Å². The van der Waals surface area contributed by atoms with E-state index in [0.29, 0.717) is 46.7 Å². The van der Waals surface area contributed by atoms with Gasteiger partial charge in [-0.3, -0.25) is 9.78 Å². The number of aromatic nitrogens is 4. The molecule has 1 amide bonds. The summed E-state index contributed by atoms with van der Waals surface area (Å²) in [5, 5.41) is 19.5. The van der Waals surface area contributed by atoms with Crippen LogP contribution < -0.4 is 10.6 Å². The molecule has 0 bridgehead atoms. The lowest BCUT2D eigenvalue weighted by Gasteiger charge is -2.16. The van der Waals surface area contributed by atoms with Crippen molar-refractivity contribution in [2.75, 3.05) is 11.9 Å². The van der Waals surface area contributed by atoms with Gasteiger partial charge >= 0.3 is 0 Å². The normalized spacial score (nSPS) is 11.2. The van der Waals surface area contributed by atoms with Gasteiger partial charge in [-0.2, -0.15) is 10.4 Å². The number of anilines is 1. The molecule has 3 aromatic rings. The van der Waals surface area contributed by atoms with Crippen molar-refractivity contribution >= 4 is 17.2 Å². The van der Waals surface area contributed by atoms with Crippen LogP contribution in [0.25, 0.3) is 21.7 Å². The minimum absolute atomic E-state index is 0.100. The highest BCUT2D eigenvalue weighted by Gasteiger charge is 2.23. The van der Waals surface area contributed by atoms with Gasteiger partial charge < -0.3 is 15.5 Å². The van der Waals surface area contributed by atoms with Gasteiger partial charge in [0, 0.05) is 45.2 Å². The molecule has 0 aliphatic carbocycles. The van der Waals surface area contributed by atoms with E-state index in [1.165, 1.54) is 16.9 Å². The Balaban J connectivity index is 1.91. The third-order valence-corrected chi connectivity index (χ3v) is 4.68. The second kappa shape index (κ2) is 8.80. The molecule has 0 saturated heterocycles. The van der Waals surface area contributed by atoms with Gasteiger partial charge in [-0.25, -0.2) is 16.1 Å². The summed E-state index contributed by atoms with van der Waals surface area (Å²) in [6, 6.07) is 3.94. The molecule has 2 N–H and O–H groups in total. The maximum atomic E-state index is 12.8. The molecule has 0 atom stereocenters. The Morgan fingerprint density at radius 1 is 1.32 bits per heavy atom. The van der Waals surface area contributed by atoms with Crippen LogP contribution in [0.3, 0.4) is 0 Å². The number of hydrogen-bond acceptors (Lipinski definition) is 6. The number of amides is 1. The Morgan fingerprint density at radius 3 is 2.77 bits per heavy atom. The second-order valence-corrected chi connectivity index (χ2v) is 8.13. The van der Waals surface area contributed by atoms with Gasteiger partial charge in [0.1, 0.15) is 6.07 Å². The molecular formula is C22H24N8O. The zero-order valence-electron chi connectivity index (χ0n) is 18.0. The van der Waals surface area contributed by atoms with Crippen LogP contribution in [-0.2, 0) is 0 Å². The van der Waals surface area contributed by atoms with E-state index in [1.54, 1.807) is 18.5 Å². The molecule has 0 unspecified atom stereocenters. The maximum absolute atomic E-state index is 12.8. The van der Waals surface area contributed by atoms with E-state index in [2.05, 4.69) is 30.5 Å². The van der Waals surface area contributed by atoms with Crippen molar-refractivity contribution in [3.63, 3.8) is 0 Å². The molecule has 158 valence electrons. The Bertz CT molecular complexity index is 1200. The van der Waals surface area contributed by atoms with E-state index in [1.807, 2.05) is 33.8 Å². The summed E-state index contributed by atoms with van der Waals surface area (Å²) in [7, 11) is 0. The SMILES string of the molecule is [C-]#[N+]C(C)(C)CCNC(=O)c1cnc(-c2cnn3cc(C#N)cnc23)cc1NC(C)C. The zero-order valence-corrected chi connectivity index (χ0v) is 18.0. The molecule has 0 aromatic carbocycles. The standard InChI is InChI=1S/C22H24N8O/c1-14(2)29-19-8-18(16-12-28-30-13-15(9-23)10-27-20(16)30)26-11-17(19)21(31)25-7-6-22(3,4)24-5/h8,10-14H,6-7H2,1-4H3,(H,25,31)(H,26,29). The van der Waals surface area contributed by atoms with Crippen LogP contribution >= 0.6 is 0 Å². The van der Waals surface area contributed by atoms with Gasteiger partial charge in [0.15, 0.2) is 5.65 Å². The average molecular weight is 416 g/mol. The molecule has 0 spiro atoms. The Hall–Kier alpha value is -3.98. The summed E-state index contributed by atoms with van der Waals surface area (Å²) in [6.45, 7) is 15.3. The number of pyridine rings is 1. The van der Waals surface area contributed by atoms with Gasteiger partial charge in [0.25, 0.3) is 5.91 Å². The number of hydrogen-bond donors (Lipinski definition) is 2. The summed E-state index contributed by atoms with van der Waals surface area (Å²) < 4.78 is 1.53. The van der Waals surface area contributed by atoms with Crippen LogP contribution in [0.5, 0.6) is 0 Å². The van der Waals surface area contributed by atoms with Crippen molar-refractivity contribution in [3.05, 3.63) is 53.4 Å². The zero-order chi connectivity index (χ0) is 22.6. The van der Waals surface area contributed by atoms with E-state index < -0.39 is 5.54 Å². The third-order valence-electron chi connectivity index (χ3n) is 4.68. The number of nitrogens with zero attached hydrogens (tertiary/aromatic N) is 6. The van der Waals surface area contributed by atoms with Crippen LogP contribution in [0.4, 0.5) is 5.69 Å². The van der Waals surface area contributed by atoms with Crippen molar-refractivity contribution in [2.45, 2.75) is 45.7 Å². The molecule has 31 heavy (non-hydrogen) atoms. The van der Waals surface area contributed by atoms with Gasteiger partial charge in [0.05, 0.1) is 40.5 Å². The third kappa shape index (κ3) is 4.96. The minimum Gasteiger partial charge on any atom is -0.382 e. The molecule has 0 aliphatic heterocycles. The molecule has 3 rings (SSSR count). The van der Waals surface area contributed by atoms with Crippen molar-refractivity contribution in [3.8, 4) is 17.3 Å². The Labute approximate surface area is 181 Å². The predicted octanol–water partition coefficient (Wildman–Crippen LogP) is 3.30. The fourth-order valence-corrected chi connectivity index (χ4v) is 2.96. The van der Waals surface area contributed by atoms with Crippen LogP contribution in [-0.4, -0.2) is 43.6 Å². The molecule has 9 heteroatoms. The highest BCUT2D eigenvalue weighted by molar-refractivity contribution is 6.00. The largest absolute Gasteiger partial charge is 0.382 e. The lowest BCUT2D eigenvalue weighted by atomic mass is 10.0. The maximum Gasteiger partial charge on any atom is 0.254 e. The van der Waals surface area contributed by atoms with Gasteiger partial charge in [-0.15, -0.1) is 0 Å². The molecule has 0 radical (unpaired) electrons. The fourth-order valence-electron chi connectivity index (χ4n) is 2.96. The monoisotopic (exact) mass is 416 g/mol. The Kier molecular flexibility index (Phi) is 6.17. The number of carbonyl (C=O) groups is 1. The number of fused-ring (bicyclic) bond motifs is 1. The first-order valence-corrected chi connectivity index (χ1v) is 9.91. The lowest BCUT2D eigenvalue weighted by Crippen LogP contribution is -2.30. The lowest BCUT2D eigenvalue weighted by molar-refractivity contribution is 0.0952. The fraction of sp³-hybridized carbons (Fsp3) is 0.364. The van der Waals surface area contributed by atoms with E-state index in [0.717, 1.165) is 0 Å². The summed E-state index contributed by atoms with van der Waals surface area (Å²) in [5.74, 6) is -0.250. The number of rotatable bonds is 7. The number of nitrogens with one attached hydrogen (secondary N) is 2. The minimum atomic E-state index is -0.518. The van der Waals surface area contributed by atoms with Gasteiger partial charge in [-0.1, -0.05) is 0 Å². The average Bonchev–Trinajstić information content (AvgIpc) is 3.16. The highest BCUT2D eigenvalue weighted by atomic mass is 16.1. The summed E-state index contributed by atoms with van der Waals surface area (Å²) in [5.41, 5.74) is 2.84. The van der Waals surface area contributed by atoms with E-state index in [4.69, 9.17) is 11.8 Å². The first kappa shape index (κ1) is 21.7. The molecule has 3 heterocycles. The first-order valence-electron chi connectivity index (χ1n) is 9.91. The second-order valence-electron chi connectivity index (χ2n) is 8.13. The topological polar surface area (TPSA) is 112 Å². The van der Waals surface area contributed by atoms with Crippen molar-refractivity contribution in [2.24, 2.45) is 0 Å². The quantitative estimate of drug-likeness (QED) is 0.572. The first-order chi connectivity index (χ1) is 14.7. The van der Waals surface area contributed by atoms with Crippen molar-refractivity contribution < 1.29 is 4.79 Å². The van der Waals surface area contributed by atoms with E-state index >= 15 is 0 Å². The smallest absolute Gasteiger partial charge is 0.254 e. The molecule has 3 aromatic heterocycles. The summed E-state index contributed by atoms with van der Waals surface area (Å²) in [4.78, 5) is 25.1. The number of carbonyl (C=O) groups excluding carboxylic acids is 1. The van der Waals surface area contributed by atoms with E-state index in [-0.39, 0.29) is 11.9 Å². The number of nitriles is 1. The molecule has 0 saturated carbocycles. The van der Waals surface area contributed by atoms with Crippen LogP contribution in [0.2, 0.25) is 0 Å². The molecular weight excluding hydrogens is 392 g/mol. The van der Waals surface area contributed by atoms with Crippen LogP contribution in [0, 0.1) is 17.9 Å². The van der Waals surface area contributed by atoms with Crippen molar-refractivity contribution in [1.82, 2.24) is 24.9 Å². The highest BCUT2D eigenvalue weighted by Crippen LogP contribution is 2.26. The molecule has 0 aliphatic rings. The van der Waals surface area contributed by atoms with Gasteiger partial charge in [0.2, 0.25) is 5.54 Å². The summed E-state index contributed by atoms with van der Waals surface area (Å²) in [6.07, 6.45) is 6.81. The van der Waals surface area contributed by atoms with Crippen LogP contribution in [0.1, 0.15) is 50.0 Å².